The molecule has 0 saturated heterocycles. The Morgan fingerprint density at radius 1 is 1.67 bits per heavy atom. The lowest BCUT2D eigenvalue weighted by molar-refractivity contribution is 0.0952. The van der Waals surface area contributed by atoms with E-state index in [-0.39, 0.29) is 5.91 Å². The molecule has 12 heavy (non-hydrogen) atoms. The zero-order chi connectivity index (χ0) is 9.14. The zero-order valence-corrected chi connectivity index (χ0v) is 7.22. The maximum Gasteiger partial charge on any atom is 0.267 e. The van der Waals surface area contributed by atoms with Gasteiger partial charge in [0.1, 0.15) is 5.15 Å². The molecule has 3 N–H and O–H groups in total. The summed E-state index contributed by atoms with van der Waals surface area (Å²) in [5, 5.41) is 0.362. The number of hydrogen-bond acceptors (Lipinski definition) is 3. The fraction of sp³-hybridized carbons (Fsp3) is 0.143. The molecule has 0 fully saturated rings. The Bertz CT molecular complexity index is 314. The minimum Gasteiger partial charge on any atom is -0.290 e. The Hall–Kier alpha value is -1.13. The number of hydrogen-bond donors (Lipinski definition) is 2. The summed E-state index contributed by atoms with van der Waals surface area (Å²) < 4.78 is 0. The van der Waals surface area contributed by atoms with Gasteiger partial charge in [0.15, 0.2) is 0 Å². The molecule has 0 aliphatic heterocycles. The van der Waals surface area contributed by atoms with Gasteiger partial charge in [0.05, 0.1) is 11.3 Å². The van der Waals surface area contributed by atoms with Crippen molar-refractivity contribution in [3.63, 3.8) is 0 Å². The third-order valence-electron chi connectivity index (χ3n) is 1.43. The van der Waals surface area contributed by atoms with Crippen molar-refractivity contribution in [1.29, 1.82) is 0 Å². The van der Waals surface area contributed by atoms with Crippen LogP contribution in [0.3, 0.4) is 0 Å². The first kappa shape index (κ1) is 8.96. The molecule has 0 aromatic carbocycles. The van der Waals surface area contributed by atoms with Crippen molar-refractivity contribution in [2.24, 2.45) is 5.84 Å². The molecule has 1 heterocycles. The number of carbonyl (C=O) groups is 1. The van der Waals surface area contributed by atoms with Crippen LogP contribution in [0.15, 0.2) is 12.1 Å². The number of nitrogens with two attached hydrogens (primary N) is 1. The number of hydrazine groups is 1. The molecule has 0 aliphatic carbocycles. The molecule has 0 unspecified atom stereocenters. The van der Waals surface area contributed by atoms with Gasteiger partial charge in [-0.15, -0.1) is 0 Å². The number of halogens is 1. The van der Waals surface area contributed by atoms with Crippen LogP contribution >= 0.6 is 11.6 Å². The van der Waals surface area contributed by atoms with E-state index >= 15 is 0 Å². The lowest BCUT2D eigenvalue weighted by Gasteiger charge is -2.02. The van der Waals surface area contributed by atoms with E-state index in [1.807, 2.05) is 5.43 Å². The number of nitrogens with one attached hydrogen (secondary N) is 1. The number of nitrogen functional groups attached to an aromatic ring is 1. The fourth-order valence-electron chi connectivity index (χ4n) is 0.848. The molecule has 0 saturated carbocycles. The fourth-order valence-corrected chi connectivity index (χ4v) is 1.04. The summed E-state index contributed by atoms with van der Waals surface area (Å²) in [5.41, 5.74) is 3.01. The minimum absolute atomic E-state index is 0.362. The van der Waals surface area contributed by atoms with Gasteiger partial charge in [-0.25, -0.2) is 10.8 Å². The average molecular weight is 186 g/mol. The monoisotopic (exact) mass is 185 g/mol. The molecule has 1 aromatic rings. The van der Waals surface area contributed by atoms with Gasteiger partial charge in [0.2, 0.25) is 0 Å². The first-order valence-electron chi connectivity index (χ1n) is 3.29. The van der Waals surface area contributed by atoms with Crippen molar-refractivity contribution in [2.45, 2.75) is 6.92 Å². The highest BCUT2D eigenvalue weighted by molar-refractivity contribution is 6.29. The number of rotatable bonds is 1. The molecule has 0 spiro atoms. The van der Waals surface area contributed by atoms with Gasteiger partial charge in [-0.05, 0) is 19.1 Å². The third kappa shape index (κ3) is 1.72. The highest BCUT2D eigenvalue weighted by Gasteiger charge is 2.07. The van der Waals surface area contributed by atoms with Crippen molar-refractivity contribution in [2.75, 3.05) is 0 Å². The first-order chi connectivity index (χ1) is 5.65. The van der Waals surface area contributed by atoms with Gasteiger partial charge >= 0.3 is 0 Å². The maximum atomic E-state index is 11.0. The first-order valence-corrected chi connectivity index (χ1v) is 3.67. The van der Waals surface area contributed by atoms with E-state index in [9.17, 15) is 4.79 Å². The van der Waals surface area contributed by atoms with Gasteiger partial charge in [-0.3, -0.25) is 10.2 Å². The molecular weight excluding hydrogens is 178 g/mol. The van der Waals surface area contributed by atoms with Crippen molar-refractivity contribution in [3.8, 4) is 0 Å². The van der Waals surface area contributed by atoms with E-state index in [2.05, 4.69) is 4.98 Å². The number of carbonyl (C=O) groups excluding carboxylic acids is 1. The van der Waals surface area contributed by atoms with E-state index in [0.717, 1.165) is 0 Å². The SMILES string of the molecule is Cc1nc(Cl)ccc1C(=O)NN. The van der Waals surface area contributed by atoms with Crippen LogP contribution in [0.5, 0.6) is 0 Å². The molecule has 1 rings (SSSR count). The Morgan fingerprint density at radius 2 is 2.33 bits per heavy atom. The Kier molecular flexibility index (Phi) is 2.62. The largest absolute Gasteiger partial charge is 0.290 e. The predicted molar refractivity (Wildman–Crippen MR) is 45.6 cm³/mol. The summed E-state index contributed by atoms with van der Waals surface area (Å²) in [7, 11) is 0. The van der Waals surface area contributed by atoms with Gasteiger partial charge in [0, 0.05) is 0 Å². The van der Waals surface area contributed by atoms with E-state index in [0.29, 0.717) is 16.4 Å². The van der Waals surface area contributed by atoms with Gasteiger partial charge in [0.25, 0.3) is 5.91 Å². The quantitative estimate of drug-likeness (QED) is 0.292. The van der Waals surface area contributed by atoms with Crippen LogP contribution in [0.4, 0.5) is 0 Å². The topological polar surface area (TPSA) is 68.0 Å². The normalized spacial score (nSPS) is 9.58. The van der Waals surface area contributed by atoms with Crippen LogP contribution in [0, 0.1) is 6.92 Å². The lowest BCUT2D eigenvalue weighted by Crippen LogP contribution is -2.30. The van der Waals surface area contributed by atoms with Crippen LogP contribution in [0.2, 0.25) is 5.15 Å². The average Bonchev–Trinajstić information content (AvgIpc) is 2.03. The predicted octanol–water partition coefficient (Wildman–Crippen LogP) is 0.647. The molecule has 1 aromatic heterocycles. The summed E-state index contributed by atoms with van der Waals surface area (Å²) in [6.07, 6.45) is 0. The number of pyridine rings is 1. The smallest absolute Gasteiger partial charge is 0.267 e. The highest BCUT2D eigenvalue weighted by atomic mass is 35.5. The van der Waals surface area contributed by atoms with E-state index in [1.165, 1.54) is 0 Å². The van der Waals surface area contributed by atoms with E-state index in [1.54, 1.807) is 19.1 Å². The molecule has 4 nitrogen and oxygen atoms in total. The number of nitrogens with zero attached hydrogens (tertiary/aromatic N) is 1. The summed E-state index contributed by atoms with van der Waals surface area (Å²) in [4.78, 5) is 14.9. The van der Waals surface area contributed by atoms with Crippen molar-refractivity contribution >= 4 is 17.5 Å². The molecule has 64 valence electrons. The molecule has 5 heteroatoms. The molecular formula is C7H8ClN3O. The summed E-state index contributed by atoms with van der Waals surface area (Å²) in [5.74, 6) is 4.59. The summed E-state index contributed by atoms with van der Waals surface area (Å²) >= 11 is 5.59. The molecule has 0 atom stereocenters. The van der Waals surface area contributed by atoms with Crippen LogP contribution in [-0.4, -0.2) is 10.9 Å². The van der Waals surface area contributed by atoms with Crippen LogP contribution in [0.1, 0.15) is 16.1 Å². The molecule has 0 aliphatic rings. The van der Waals surface area contributed by atoms with E-state index in [4.69, 9.17) is 17.4 Å². The Morgan fingerprint density at radius 3 is 2.83 bits per heavy atom. The number of aryl methyl sites for hydroxylation is 1. The van der Waals surface area contributed by atoms with Gasteiger partial charge < -0.3 is 0 Å². The Labute approximate surface area is 74.7 Å². The van der Waals surface area contributed by atoms with Crippen LogP contribution in [-0.2, 0) is 0 Å². The maximum absolute atomic E-state index is 11.0. The summed E-state index contributed by atoms with van der Waals surface area (Å²) in [6, 6.07) is 3.12. The van der Waals surface area contributed by atoms with Crippen molar-refractivity contribution in [1.82, 2.24) is 10.4 Å². The molecule has 1 amide bonds. The third-order valence-corrected chi connectivity index (χ3v) is 1.64. The molecule has 0 bridgehead atoms. The summed E-state index contributed by atoms with van der Waals surface area (Å²) in [6.45, 7) is 1.69. The minimum atomic E-state index is -0.364. The lowest BCUT2D eigenvalue weighted by atomic mass is 10.2. The van der Waals surface area contributed by atoms with Crippen molar-refractivity contribution < 1.29 is 4.79 Å². The van der Waals surface area contributed by atoms with Gasteiger partial charge in [-0.2, -0.15) is 0 Å². The molecule has 0 radical (unpaired) electrons. The van der Waals surface area contributed by atoms with Crippen molar-refractivity contribution in [3.05, 3.63) is 28.5 Å². The van der Waals surface area contributed by atoms with Gasteiger partial charge in [-0.1, -0.05) is 11.6 Å². The standard InChI is InChI=1S/C7H8ClN3O/c1-4-5(7(12)11-9)2-3-6(8)10-4/h2-3H,9H2,1H3,(H,11,12). The Balaban J connectivity index is 3.09. The van der Waals surface area contributed by atoms with Crippen LogP contribution in [0.25, 0.3) is 0 Å². The highest BCUT2D eigenvalue weighted by Crippen LogP contribution is 2.09. The van der Waals surface area contributed by atoms with E-state index < -0.39 is 0 Å². The second-order valence-electron chi connectivity index (χ2n) is 2.24. The number of amides is 1. The second-order valence-corrected chi connectivity index (χ2v) is 2.63. The number of aromatic nitrogens is 1. The second kappa shape index (κ2) is 3.51. The zero-order valence-electron chi connectivity index (χ0n) is 6.47. The van der Waals surface area contributed by atoms with Crippen LogP contribution < -0.4 is 11.3 Å².